The second-order valence-corrected chi connectivity index (χ2v) is 6.80. The molecule has 4 rings (SSSR count). The lowest BCUT2D eigenvalue weighted by Crippen LogP contribution is -2.29. The summed E-state index contributed by atoms with van der Waals surface area (Å²) in [5, 5.41) is 6.45. The lowest BCUT2D eigenvalue weighted by atomic mass is 9.94. The van der Waals surface area contributed by atoms with Crippen LogP contribution in [0.2, 0.25) is 0 Å². The summed E-state index contributed by atoms with van der Waals surface area (Å²) < 4.78 is 0. The van der Waals surface area contributed by atoms with Crippen molar-refractivity contribution in [2.75, 3.05) is 26.7 Å². The molecule has 0 bridgehead atoms. The van der Waals surface area contributed by atoms with Crippen molar-refractivity contribution in [3.63, 3.8) is 0 Å². The number of hydrogen-bond acceptors (Lipinski definition) is 2. The average molecular weight is 268 g/mol. The predicted octanol–water partition coefficient (Wildman–Crippen LogP) is 1.40. The number of fused-ring (bicyclic) bond motifs is 2. The maximum atomic E-state index is 3.54. The topological polar surface area (TPSA) is 15.3 Å². The van der Waals surface area contributed by atoms with Gasteiger partial charge in [0.1, 0.15) is 0 Å². The Bertz CT molecular complexity index is 625. The fourth-order valence-corrected chi connectivity index (χ4v) is 4.28. The molecule has 1 atom stereocenters. The summed E-state index contributed by atoms with van der Waals surface area (Å²) in [6.07, 6.45) is 7.84. The van der Waals surface area contributed by atoms with Crippen molar-refractivity contribution in [1.29, 1.82) is 0 Å². The van der Waals surface area contributed by atoms with Crippen molar-refractivity contribution >= 4 is 11.8 Å². The van der Waals surface area contributed by atoms with Gasteiger partial charge in [-0.3, -0.25) is 0 Å². The van der Waals surface area contributed by atoms with Gasteiger partial charge >= 0.3 is 0 Å². The zero-order chi connectivity index (χ0) is 13.5. The van der Waals surface area contributed by atoms with E-state index < -0.39 is 0 Å². The average Bonchev–Trinajstić information content (AvgIpc) is 3.06. The summed E-state index contributed by atoms with van der Waals surface area (Å²) in [6.45, 7) is 3.42. The van der Waals surface area contributed by atoms with E-state index >= 15 is 0 Å². The Kier molecular flexibility index (Phi) is 3.07. The molecule has 2 fully saturated rings. The Morgan fingerprint density at radius 3 is 2.85 bits per heavy atom. The summed E-state index contributed by atoms with van der Waals surface area (Å²) in [5.41, 5.74) is 3.20. The van der Waals surface area contributed by atoms with Crippen molar-refractivity contribution < 1.29 is 0 Å². The number of rotatable bonds is 1. The molecule has 1 N–H and O–H groups in total. The summed E-state index contributed by atoms with van der Waals surface area (Å²) in [6, 6.07) is 7.25. The van der Waals surface area contributed by atoms with Crippen LogP contribution < -0.4 is 15.8 Å². The molecule has 1 saturated heterocycles. The zero-order valence-electron chi connectivity index (χ0n) is 12.4. The van der Waals surface area contributed by atoms with Crippen LogP contribution in [0.3, 0.4) is 0 Å². The van der Waals surface area contributed by atoms with Crippen LogP contribution in [0.25, 0.3) is 11.8 Å². The van der Waals surface area contributed by atoms with Gasteiger partial charge < -0.3 is 10.2 Å². The highest BCUT2D eigenvalue weighted by Crippen LogP contribution is 2.33. The Morgan fingerprint density at radius 2 is 2.00 bits per heavy atom. The third-order valence-electron chi connectivity index (χ3n) is 5.34. The van der Waals surface area contributed by atoms with Crippen LogP contribution in [0.4, 0.5) is 0 Å². The summed E-state index contributed by atoms with van der Waals surface area (Å²) >= 11 is 0. The first-order valence-corrected chi connectivity index (χ1v) is 8.06. The summed E-state index contributed by atoms with van der Waals surface area (Å²) in [5.74, 6) is 1.50. The fraction of sp³-hybridized carbons (Fsp3) is 0.556. The molecule has 1 unspecified atom stereocenters. The number of benzene rings is 1. The van der Waals surface area contributed by atoms with Gasteiger partial charge in [0.05, 0.1) is 0 Å². The molecule has 106 valence electrons. The highest BCUT2D eigenvalue weighted by Gasteiger charge is 2.26. The van der Waals surface area contributed by atoms with E-state index in [9.17, 15) is 0 Å². The zero-order valence-corrected chi connectivity index (χ0v) is 12.4. The molecule has 0 aromatic heterocycles. The molecule has 1 aliphatic carbocycles. The van der Waals surface area contributed by atoms with Gasteiger partial charge in [-0.15, -0.1) is 0 Å². The van der Waals surface area contributed by atoms with E-state index in [0.29, 0.717) is 5.92 Å². The van der Waals surface area contributed by atoms with Gasteiger partial charge in [0.2, 0.25) is 0 Å². The van der Waals surface area contributed by atoms with Gasteiger partial charge in [-0.2, -0.15) is 0 Å². The summed E-state index contributed by atoms with van der Waals surface area (Å²) in [4.78, 5) is 2.45. The minimum Gasteiger partial charge on any atom is -0.390 e. The molecular formula is C18H24N2. The van der Waals surface area contributed by atoms with Gasteiger partial charge in [-0.1, -0.05) is 25.0 Å². The number of nitrogens with zero attached hydrogens (tertiary/aromatic N) is 1. The molecule has 20 heavy (non-hydrogen) atoms. The molecular weight excluding hydrogens is 244 g/mol. The second-order valence-electron chi connectivity index (χ2n) is 6.80. The molecule has 3 aliphatic rings. The van der Waals surface area contributed by atoms with Gasteiger partial charge in [-0.25, -0.2) is 0 Å². The van der Waals surface area contributed by atoms with E-state index in [-0.39, 0.29) is 0 Å². The van der Waals surface area contributed by atoms with Gasteiger partial charge in [0.25, 0.3) is 0 Å². The van der Waals surface area contributed by atoms with Crippen molar-refractivity contribution in [3.05, 3.63) is 34.2 Å². The molecule has 0 radical (unpaired) electrons. The standard InChI is InChI=1S/C18H24N2/c1-20-11-16-10-19-9-15-8-14(13-4-2-3-5-13)6-7-17(15)18(16)12-20/h6-9,13,16,19H,2-5,10-12H2,1H3. The lowest BCUT2D eigenvalue weighted by molar-refractivity contribution is 0.394. The maximum Gasteiger partial charge on any atom is 0.0220 e. The first kappa shape index (κ1) is 12.5. The quantitative estimate of drug-likeness (QED) is 0.828. The largest absolute Gasteiger partial charge is 0.390 e. The van der Waals surface area contributed by atoms with Gasteiger partial charge in [0.15, 0.2) is 0 Å². The molecule has 1 aromatic carbocycles. The first-order valence-electron chi connectivity index (χ1n) is 8.06. The van der Waals surface area contributed by atoms with Crippen molar-refractivity contribution in [2.45, 2.75) is 31.6 Å². The third kappa shape index (κ3) is 2.07. The van der Waals surface area contributed by atoms with Crippen molar-refractivity contribution in [3.8, 4) is 0 Å². The molecule has 1 aromatic rings. The lowest BCUT2D eigenvalue weighted by Gasteiger charge is -2.10. The minimum absolute atomic E-state index is 0.690. The molecule has 2 aliphatic heterocycles. The Balaban J connectivity index is 1.83. The highest BCUT2D eigenvalue weighted by molar-refractivity contribution is 5.55. The van der Waals surface area contributed by atoms with Gasteiger partial charge in [0, 0.05) is 31.8 Å². The fourth-order valence-electron chi connectivity index (χ4n) is 4.28. The second kappa shape index (κ2) is 4.92. The SMILES string of the molecule is CN1CC2=c3ccc(C4CCCC4)cc3=CNCC2C1. The molecule has 2 heterocycles. The Labute approximate surface area is 121 Å². The highest BCUT2D eigenvalue weighted by atomic mass is 15.1. The molecule has 2 nitrogen and oxygen atoms in total. The molecule has 0 spiro atoms. The number of nitrogens with one attached hydrogen (secondary N) is 1. The number of hydrogen-bond donors (Lipinski definition) is 1. The predicted molar refractivity (Wildman–Crippen MR) is 83.8 cm³/mol. The molecule has 1 saturated carbocycles. The molecule has 2 heteroatoms. The van der Waals surface area contributed by atoms with Crippen LogP contribution in [0.5, 0.6) is 0 Å². The summed E-state index contributed by atoms with van der Waals surface area (Å²) in [7, 11) is 2.23. The van der Waals surface area contributed by atoms with E-state index in [1.54, 1.807) is 11.1 Å². The number of likely N-dealkylation sites (tertiary alicyclic amines) is 1. The van der Waals surface area contributed by atoms with Gasteiger partial charge in [-0.05, 0) is 53.4 Å². The van der Waals surface area contributed by atoms with E-state index in [4.69, 9.17) is 0 Å². The minimum atomic E-state index is 0.690. The third-order valence-corrected chi connectivity index (χ3v) is 5.34. The molecule has 0 amide bonds. The van der Waals surface area contributed by atoms with Crippen LogP contribution >= 0.6 is 0 Å². The van der Waals surface area contributed by atoms with Crippen LogP contribution in [0, 0.1) is 5.92 Å². The van der Waals surface area contributed by atoms with E-state index in [2.05, 4.69) is 41.7 Å². The van der Waals surface area contributed by atoms with Crippen molar-refractivity contribution in [2.24, 2.45) is 5.92 Å². The normalized spacial score (nSPS) is 26.6. The van der Waals surface area contributed by atoms with Crippen molar-refractivity contribution in [1.82, 2.24) is 10.2 Å². The monoisotopic (exact) mass is 268 g/mol. The van der Waals surface area contributed by atoms with Crippen LogP contribution in [0.1, 0.15) is 37.2 Å². The van der Waals surface area contributed by atoms with Crippen LogP contribution in [0.15, 0.2) is 18.2 Å². The van der Waals surface area contributed by atoms with E-state index in [0.717, 1.165) is 19.0 Å². The smallest absolute Gasteiger partial charge is 0.0220 e. The first-order chi connectivity index (χ1) is 9.81. The van der Waals surface area contributed by atoms with E-state index in [1.165, 1.54) is 42.7 Å². The van der Waals surface area contributed by atoms with E-state index in [1.807, 2.05) is 0 Å². The van der Waals surface area contributed by atoms with Crippen LogP contribution in [-0.4, -0.2) is 31.6 Å². The Hall–Kier alpha value is -1.28. The Morgan fingerprint density at radius 1 is 1.15 bits per heavy atom. The maximum absolute atomic E-state index is 3.54. The van der Waals surface area contributed by atoms with Crippen LogP contribution in [-0.2, 0) is 0 Å².